The lowest BCUT2D eigenvalue weighted by Gasteiger charge is -1.59. The fourth-order valence-electron chi connectivity index (χ4n) is 0. The van der Waals surface area contributed by atoms with Crippen molar-refractivity contribution in [3.63, 3.8) is 0 Å². The summed E-state index contributed by atoms with van der Waals surface area (Å²) in [7, 11) is 3.75. The average molecular weight is 105 g/mol. The van der Waals surface area contributed by atoms with Gasteiger partial charge in [0.25, 0.3) is 0 Å². The molecule has 0 heterocycles. The minimum absolute atomic E-state index is 0. The number of rotatable bonds is 0. The first-order valence-corrected chi connectivity index (χ1v) is 2.41. The van der Waals surface area contributed by atoms with Gasteiger partial charge < -0.3 is 5.32 Å². The van der Waals surface area contributed by atoms with Crippen LogP contribution in [0.3, 0.4) is 0 Å². The topological polar surface area (TPSA) is 12.0 Å². The van der Waals surface area contributed by atoms with Gasteiger partial charge in [-0.25, -0.2) is 0 Å². The second-order valence-electron chi connectivity index (χ2n) is 1.21. The summed E-state index contributed by atoms with van der Waals surface area (Å²) in [4.78, 5) is 0. The molecule has 0 aromatic rings. The van der Waals surface area contributed by atoms with Crippen LogP contribution in [-0.2, 0) is 0 Å². The second kappa shape index (κ2) is 38.2. The van der Waals surface area contributed by atoms with Gasteiger partial charge in [-0.05, 0) is 14.1 Å². The Morgan fingerprint density at radius 2 is 1.14 bits per heavy atom. The molecule has 0 unspecified atom stereocenters. The van der Waals surface area contributed by atoms with Crippen molar-refractivity contribution in [3.05, 3.63) is 0 Å². The molecule has 0 aromatic carbocycles. The van der Waals surface area contributed by atoms with Gasteiger partial charge in [-0.2, -0.15) is 0 Å². The van der Waals surface area contributed by atoms with Crippen molar-refractivity contribution in [3.8, 4) is 0 Å². The van der Waals surface area contributed by atoms with Crippen molar-refractivity contribution in [1.82, 2.24) is 5.32 Å². The molecule has 0 aliphatic carbocycles. The van der Waals surface area contributed by atoms with Crippen molar-refractivity contribution in [1.29, 1.82) is 0 Å². The van der Waals surface area contributed by atoms with Crippen LogP contribution in [0.25, 0.3) is 0 Å². The van der Waals surface area contributed by atoms with Crippen molar-refractivity contribution >= 4 is 0 Å². The maximum Gasteiger partial charge on any atom is -0.0167 e. The van der Waals surface area contributed by atoms with Crippen LogP contribution in [0.1, 0.15) is 27.7 Å². The Morgan fingerprint density at radius 3 is 1.14 bits per heavy atom. The Labute approximate surface area is 48.1 Å². The predicted octanol–water partition coefficient (Wildman–Crippen LogP) is 1.89. The van der Waals surface area contributed by atoms with Gasteiger partial charge in [0.05, 0.1) is 0 Å². The van der Waals surface area contributed by atoms with Gasteiger partial charge in [-0.3, -0.25) is 0 Å². The van der Waals surface area contributed by atoms with Crippen LogP contribution in [-0.4, -0.2) is 14.1 Å². The summed E-state index contributed by atoms with van der Waals surface area (Å²) in [5.41, 5.74) is 0. The number of nitrogens with one attached hydrogen (secondary N) is 1. The Kier molecular flexibility index (Phi) is 86.0. The third-order valence-electron chi connectivity index (χ3n) is 0. The molecule has 1 N–H and O–H groups in total. The zero-order chi connectivity index (χ0) is 5.41. The molecule has 48 valence electrons. The van der Waals surface area contributed by atoms with E-state index in [4.69, 9.17) is 0 Å². The lowest BCUT2D eigenvalue weighted by molar-refractivity contribution is 1.02. The minimum atomic E-state index is 0. The molecule has 0 spiro atoms. The largest absolute Gasteiger partial charge is 0.323 e. The Hall–Kier alpha value is -0.0400. The Bertz CT molecular complexity index is 6.14. The van der Waals surface area contributed by atoms with Crippen LogP contribution in [0.15, 0.2) is 0 Å². The zero-order valence-corrected chi connectivity index (χ0v) is 5.21. The molecule has 1 heteroatoms. The molecule has 0 saturated carbocycles. The van der Waals surface area contributed by atoms with Gasteiger partial charge in [0, 0.05) is 0 Å². The van der Waals surface area contributed by atoms with Crippen LogP contribution < -0.4 is 5.32 Å². The molecule has 1 nitrogen and oxygen atoms in total. The van der Waals surface area contributed by atoms with Crippen LogP contribution in [0, 0.1) is 0 Å². The Morgan fingerprint density at radius 1 is 1.14 bits per heavy atom. The van der Waals surface area contributed by atoms with Crippen LogP contribution in [0.4, 0.5) is 0 Å². The summed E-state index contributed by atoms with van der Waals surface area (Å²) < 4.78 is 0. The van der Waals surface area contributed by atoms with Crippen molar-refractivity contribution in [2.24, 2.45) is 0 Å². The molecule has 0 bridgehead atoms. The first-order chi connectivity index (χ1) is 2.83. The quantitative estimate of drug-likeness (QED) is 0.496. The molecular weight excluding hydrogens is 86.1 g/mol. The fourth-order valence-corrected chi connectivity index (χ4v) is 0. The lowest BCUT2D eigenvalue weighted by atomic mass is 10.6. The van der Waals surface area contributed by atoms with E-state index in [-0.39, 0.29) is 7.43 Å². The highest BCUT2D eigenvalue weighted by Crippen LogP contribution is 1.56. The van der Waals surface area contributed by atoms with E-state index in [2.05, 4.69) is 19.2 Å². The molecule has 7 heavy (non-hydrogen) atoms. The van der Waals surface area contributed by atoms with Gasteiger partial charge in [-0.1, -0.05) is 27.7 Å². The summed E-state index contributed by atoms with van der Waals surface area (Å²) in [5, 5.41) is 2.75. The standard InChI is InChI=1S/C3H8.C2H7N.CH4/c2*1-3-2;/h3H2,1-2H3;3H,1-2H3;1H4. The Balaban J connectivity index is -0.0000000400. The van der Waals surface area contributed by atoms with E-state index in [0.29, 0.717) is 0 Å². The van der Waals surface area contributed by atoms with Gasteiger partial charge in [0.15, 0.2) is 0 Å². The molecule has 0 aromatic heterocycles. The van der Waals surface area contributed by atoms with Crippen LogP contribution in [0.2, 0.25) is 0 Å². The summed E-state index contributed by atoms with van der Waals surface area (Å²) in [5.74, 6) is 0. The van der Waals surface area contributed by atoms with E-state index >= 15 is 0 Å². The fraction of sp³-hybridized carbons (Fsp3) is 1.00. The molecule has 0 rings (SSSR count). The summed E-state index contributed by atoms with van der Waals surface area (Å²) in [6.07, 6.45) is 1.25. The van der Waals surface area contributed by atoms with Crippen molar-refractivity contribution in [2.45, 2.75) is 27.7 Å². The molecule has 0 aliphatic heterocycles. The third kappa shape index (κ3) is 58400. The van der Waals surface area contributed by atoms with E-state index < -0.39 is 0 Å². The highest BCUT2D eigenvalue weighted by atomic mass is 14.7. The molecule has 0 atom stereocenters. The summed E-state index contributed by atoms with van der Waals surface area (Å²) in [6, 6.07) is 0. The molecule has 0 fully saturated rings. The van der Waals surface area contributed by atoms with Gasteiger partial charge >= 0.3 is 0 Å². The van der Waals surface area contributed by atoms with E-state index in [1.807, 2.05) is 14.1 Å². The SMILES string of the molecule is C.CCC.CNC. The van der Waals surface area contributed by atoms with Gasteiger partial charge in [0.1, 0.15) is 0 Å². The number of hydrogen-bond acceptors (Lipinski definition) is 1. The monoisotopic (exact) mass is 105 g/mol. The first kappa shape index (κ1) is 15.8. The number of hydrogen-bond donors (Lipinski definition) is 1. The highest BCUT2D eigenvalue weighted by Gasteiger charge is 1.35. The lowest BCUT2D eigenvalue weighted by Crippen LogP contribution is -1.89. The maximum atomic E-state index is 2.75. The van der Waals surface area contributed by atoms with Crippen LogP contribution in [0.5, 0.6) is 0 Å². The molecule has 0 aliphatic rings. The summed E-state index contributed by atoms with van der Waals surface area (Å²) >= 11 is 0. The highest BCUT2D eigenvalue weighted by molar-refractivity contribution is 3.92. The average Bonchev–Trinajstić information content (AvgIpc) is 1.39. The normalized spacial score (nSPS) is 5.14. The minimum Gasteiger partial charge on any atom is -0.323 e. The predicted molar refractivity (Wildman–Crippen MR) is 37.7 cm³/mol. The van der Waals surface area contributed by atoms with E-state index in [0.717, 1.165) is 0 Å². The summed E-state index contributed by atoms with van der Waals surface area (Å²) in [6.45, 7) is 4.25. The third-order valence-corrected chi connectivity index (χ3v) is 0. The smallest absolute Gasteiger partial charge is 0.0167 e. The van der Waals surface area contributed by atoms with E-state index in [1.54, 1.807) is 0 Å². The van der Waals surface area contributed by atoms with Gasteiger partial charge in [0.2, 0.25) is 0 Å². The van der Waals surface area contributed by atoms with Crippen molar-refractivity contribution < 1.29 is 0 Å². The van der Waals surface area contributed by atoms with Crippen molar-refractivity contribution in [2.75, 3.05) is 14.1 Å². The molecule has 0 radical (unpaired) electrons. The maximum absolute atomic E-state index is 2.75. The van der Waals surface area contributed by atoms with Gasteiger partial charge in [-0.15, -0.1) is 0 Å². The molecule has 0 amide bonds. The van der Waals surface area contributed by atoms with E-state index in [1.165, 1.54) is 6.42 Å². The second-order valence-corrected chi connectivity index (χ2v) is 1.21. The first-order valence-electron chi connectivity index (χ1n) is 2.41. The van der Waals surface area contributed by atoms with Crippen LogP contribution >= 0.6 is 0 Å². The molecular formula is C6H19N. The zero-order valence-electron chi connectivity index (χ0n) is 5.21. The van der Waals surface area contributed by atoms with E-state index in [9.17, 15) is 0 Å². The molecule has 0 saturated heterocycles.